The van der Waals surface area contributed by atoms with Crippen LogP contribution in [0.5, 0.6) is 11.5 Å². The van der Waals surface area contributed by atoms with Crippen molar-refractivity contribution in [2.24, 2.45) is 0 Å². The van der Waals surface area contributed by atoms with E-state index in [9.17, 15) is 13.2 Å². The number of benzene rings is 2. The molecule has 0 aliphatic carbocycles. The number of nitrogens with zero attached hydrogens (tertiary/aromatic N) is 1. The third kappa shape index (κ3) is 5.24. The molecule has 9 heteroatoms. The summed E-state index contributed by atoms with van der Waals surface area (Å²) in [4.78, 5) is 12.0. The molecule has 2 aromatic rings. The van der Waals surface area contributed by atoms with Crippen molar-refractivity contribution in [1.29, 1.82) is 0 Å². The summed E-state index contributed by atoms with van der Waals surface area (Å²) >= 11 is 3.36. The zero-order chi connectivity index (χ0) is 20.9. The molecular weight excluding hydrogens is 450 g/mol. The predicted octanol–water partition coefficient (Wildman–Crippen LogP) is 3.14. The Labute approximate surface area is 173 Å². The van der Waals surface area contributed by atoms with E-state index >= 15 is 0 Å². The van der Waals surface area contributed by atoms with Crippen LogP contribution in [0.15, 0.2) is 45.8 Å². The molecule has 0 aliphatic rings. The van der Waals surface area contributed by atoms with Gasteiger partial charge in [0.05, 0.1) is 26.2 Å². The zero-order valence-electron chi connectivity index (χ0n) is 16.1. The van der Waals surface area contributed by atoms with E-state index in [4.69, 9.17) is 9.47 Å². The lowest BCUT2D eigenvalue weighted by atomic mass is 10.2. The van der Waals surface area contributed by atoms with Gasteiger partial charge < -0.3 is 14.2 Å². The second-order valence-corrected chi connectivity index (χ2v) is 8.77. The van der Waals surface area contributed by atoms with Crippen LogP contribution >= 0.6 is 15.9 Å². The van der Waals surface area contributed by atoms with Crippen molar-refractivity contribution < 1.29 is 27.4 Å². The molecule has 7 nitrogen and oxygen atoms in total. The largest absolute Gasteiger partial charge is 0.497 e. The molecule has 0 aliphatic heterocycles. The Hall–Kier alpha value is -2.10. The van der Waals surface area contributed by atoms with Gasteiger partial charge >= 0.3 is 5.97 Å². The number of methoxy groups -OCH3 is 3. The Balaban J connectivity index is 2.47. The number of carbonyl (C=O) groups is 1. The third-order valence-corrected chi connectivity index (χ3v) is 6.75. The van der Waals surface area contributed by atoms with Crippen LogP contribution in [-0.2, 0) is 26.1 Å². The van der Waals surface area contributed by atoms with Crippen LogP contribution < -0.4 is 9.47 Å². The van der Waals surface area contributed by atoms with Crippen LogP contribution in [0.1, 0.15) is 11.1 Å². The number of halogens is 1. The maximum absolute atomic E-state index is 13.2. The maximum Gasteiger partial charge on any atom is 0.321 e. The first-order valence-electron chi connectivity index (χ1n) is 8.26. The summed E-state index contributed by atoms with van der Waals surface area (Å²) in [5, 5.41) is 0. The highest BCUT2D eigenvalue weighted by molar-refractivity contribution is 9.10. The number of hydrogen-bond acceptors (Lipinski definition) is 6. The van der Waals surface area contributed by atoms with Gasteiger partial charge in [-0.3, -0.25) is 4.79 Å². The van der Waals surface area contributed by atoms with Crippen LogP contribution in [0, 0.1) is 6.92 Å². The molecule has 0 heterocycles. The molecule has 0 unspecified atom stereocenters. The average Bonchev–Trinajstić information content (AvgIpc) is 2.68. The van der Waals surface area contributed by atoms with Gasteiger partial charge in [0.1, 0.15) is 18.0 Å². The van der Waals surface area contributed by atoms with Crippen molar-refractivity contribution in [3.63, 3.8) is 0 Å². The van der Waals surface area contributed by atoms with Crippen molar-refractivity contribution in [3.8, 4) is 11.5 Å². The normalized spacial score (nSPS) is 11.4. The molecule has 0 N–H and O–H groups in total. The summed E-state index contributed by atoms with van der Waals surface area (Å²) in [5.41, 5.74) is 1.37. The van der Waals surface area contributed by atoms with Gasteiger partial charge in [-0.05, 0) is 48.4 Å². The van der Waals surface area contributed by atoms with Gasteiger partial charge in [-0.2, -0.15) is 4.31 Å². The molecule has 28 heavy (non-hydrogen) atoms. The van der Waals surface area contributed by atoms with Gasteiger partial charge in [0.15, 0.2) is 0 Å². The smallest absolute Gasteiger partial charge is 0.321 e. The van der Waals surface area contributed by atoms with Crippen molar-refractivity contribution in [1.82, 2.24) is 4.31 Å². The third-order valence-electron chi connectivity index (χ3n) is 4.07. The molecule has 0 radical (unpaired) electrons. The Morgan fingerprint density at radius 3 is 2.14 bits per heavy atom. The van der Waals surface area contributed by atoms with E-state index in [1.807, 2.05) is 0 Å². The monoisotopic (exact) mass is 471 g/mol. The summed E-state index contributed by atoms with van der Waals surface area (Å²) in [5.74, 6) is 0.376. The fourth-order valence-electron chi connectivity index (χ4n) is 2.52. The molecule has 0 bridgehead atoms. The molecule has 0 amide bonds. The SMILES string of the molecule is COC(=O)CN(Cc1cc(OC)cc(OC)c1)S(=O)(=O)c1ccc(Br)c(C)c1. The van der Waals surface area contributed by atoms with E-state index in [0.29, 0.717) is 17.1 Å². The van der Waals surface area contributed by atoms with Gasteiger partial charge in [0.2, 0.25) is 10.0 Å². The summed E-state index contributed by atoms with van der Waals surface area (Å²) in [6, 6.07) is 9.76. The second-order valence-electron chi connectivity index (χ2n) is 5.98. The van der Waals surface area contributed by atoms with Crippen molar-refractivity contribution in [2.75, 3.05) is 27.9 Å². The summed E-state index contributed by atoms with van der Waals surface area (Å²) in [6.07, 6.45) is 0. The van der Waals surface area contributed by atoms with E-state index in [1.54, 1.807) is 37.3 Å². The minimum Gasteiger partial charge on any atom is -0.497 e. The summed E-state index contributed by atoms with van der Waals surface area (Å²) < 4.78 is 43.4. The van der Waals surface area contributed by atoms with E-state index in [0.717, 1.165) is 14.3 Å². The molecule has 2 rings (SSSR count). The standard InChI is InChI=1S/C19H22BrNO6S/c1-13-7-17(5-6-18(13)20)28(23,24)21(12-19(22)27-4)11-14-8-15(25-2)10-16(9-14)26-3/h5-10H,11-12H2,1-4H3. The molecule has 0 aromatic heterocycles. The number of sulfonamides is 1. The first-order chi connectivity index (χ1) is 13.2. The first-order valence-corrected chi connectivity index (χ1v) is 10.5. The fourth-order valence-corrected chi connectivity index (χ4v) is 4.23. The number of aryl methyl sites for hydroxylation is 1. The van der Waals surface area contributed by atoms with Crippen molar-refractivity contribution in [2.45, 2.75) is 18.4 Å². The molecule has 0 saturated carbocycles. The number of rotatable bonds is 8. The van der Waals surface area contributed by atoms with Crippen LogP contribution in [0.3, 0.4) is 0 Å². The van der Waals surface area contributed by atoms with Crippen LogP contribution in [0.4, 0.5) is 0 Å². The van der Waals surface area contributed by atoms with Crippen LogP contribution in [0.2, 0.25) is 0 Å². The van der Waals surface area contributed by atoms with E-state index in [-0.39, 0.29) is 11.4 Å². The second kappa shape index (κ2) is 9.40. The Morgan fingerprint density at radius 1 is 1.04 bits per heavy atom. The highest BCUT2D eigenvalue weighted by atomic mass is 79.9. The zero-order valence-corrected chi connectivity index (χ0v) is 18.5. The molecule has 0 fully saturated rings. The number of hydrogen-bond donors (Lipinski definition) is 0. The minimum atomic E-state index is -3.95. The summed E-state index contributed by atoms with van der Waals surface area (Å²) in [7, 11) is 0.273. The van der Waals surface area contributed by atoms with E-state index in [2.05, 4.69) is 20.7 Å². The number of carbonyl (C=O) groups excluding carboxylic acids is 1. The van der Waals surface area contributed by atoms with Gasteiger partial charge in [-0.1, -0.05) is 15.9 Å². The molecule has 0 spiro atoms. The topological polar surface area (TPSA) is 82.1 Å². The molecule has 2 aromatic carbocycles. The first kappa shape index (κ1) is 22.2. The Bertz CT molecular complexity index is 939. The van der Waals surface area contributed by atoms with Gasteiger partial charge in [0.25, 0.3) is 0 Å². The molecule has 152 valence electrons. The quantitative estimate of drug-likeness (QED) is 0.550. The molecule has 0 saturated heterocycles. The maximum atomic E-state index is 13.2. The molecule has 0 atom stereocenters. The summed E-state index contributed by atoms with van der Waals surface area (Å²) in [6.45, 7) is 1.31. The lowest BCUT2D eigenvalue weighted by Crippen LogP contribution is -2.35. The number of esters is 1. The van der Waals surface area contributed by atoms with Crippen LogP contribution in [0.25, 0.3) is 0 Å². The van der Waals surface area contributed by atoms with Crippen molar-refractivity contribution >= 4 is 31.9 Å². The van der Waals surface area contributed by atoms with Gasteiger partial charge in [0, 0.05) is 17.1 Å². The Kier molecular flexibility index (Phi) is 7.45. The van der Waals surface area contributed by atoms with Crippen molar-refractivity contribution in [3.05, 3.63) is 52.0 Å². The number of ether oxygens (including phenoxy) is 3. The van der Waals surface area contributed by atoms with E-state index < -0.39 is 22.5 Å². The molecular formula is C19H22BrNO6S. The average molecular weight is 472 g/mol. The van der Waals surface area contributed by atoms with Gasteiger partial charge in [-0.25, -0.2) is 8.42 Å². The van der Waals surface area contributed by atoms with Crippen LogP contribution in [-0.4, -0.2) is 46.6 Å². The lowest BCUT2D eigenvalue weighted by Gasteiger charge is -2.22. The van der Waals surface area contributed by atoms with E-state index in [1.165, 1.54) is 27.4 Å². The minimum absolute atomic E-state index is 0.0555. The highest BCUT2D eigenvalue weighted by Crippen LogP contribution is 2.27. The Morgan fingerprint density at radius 2 is 1.64 bits per heavy atom. The fraction of sp³-hybridized carbons (Fsp3) is 0.316. The highest BCUT2D eigenvalue weighted by Gasteiger charge is 2.28. The van der Waals surface area contributed by atoms with Gasteiger partial charge in [-0.15, -0.1) is 0 Å². The predicted molar refractivity (Wildman–Crippen MR) is 108 cm³/mol. The lowest BCUT2D eigenvalue weighted by molar-refractivity contribution is -0.140.